The molecule has 0 aromatic rings. The summed E-state index contributed by atoms with van der Waals surface area (Å²) in [5.41, 5.74) is 0. The Morgan fingerprint density at radius 3 is 1.28 bits per heavy atom. The van der Waals surface area contributed by atoms with Gasteiger partial charge >= 0.3 is 7.60 Å². The van der Waals surface area contributed by atoms with Crippen LogP contribution in [0.3, 0.4) is 0 Å². The minimum absolute atomic E-state index is 0.0945. The molecule has 0 spiro atoms. The Kier molecular flexibility index (Phi) is 6.29. The van der Waals surface area contributed by atoms with Crippen LogP contribution < -0.4 is 0 Å². The van der Waals surface area contributed by atoms with Crippen LogP contribution in [0.15, 0.2) is 0 Å². The molecule has 0 aliphatic carbocycles. The van der Waals surface area contributed by atoms with Gasteiger partial charge in [0.1, 0.15) is 6.35 Å². The van der Waals surface area contributed by atoms with Crippen LogP contribution in [0.1, 0.15) is 0 Å². The van der Waals surface area contributed by atoms with Gasteiger partial charge in [0.2, 0.25) is 0 Å². The van der Waals surface area contributed by atoms with E-state index in [9.17, 15) is 4.57 Å². The summed E-state index contributed by atoms with van der Waals surface area (Å²) in [5, 5.41) is 0. The van der Waals surface area contributed by atoms with Gasteiger partial charge in [-0.1, -0.05) is 0 Å². The molecule has 0 aromatic heterocycles. The molecule has 18 heavy (non-hydrogen) atoms. The van der Waals surface area contributed by atoms with E-state index in [1.165, 1.54) is 0 Å². The fraction of sp³-hybridized carbons (Fsp3) is 1.00. The molecule has 0 heterocycles. The van der Waals surface area contributed by atoms with E-state index in [0.29, 0.717) is 0 Å². The number of rotatable bonds is 7. The van der Waals surface area contributed by atoms with Gasteiger partial charge in [0.15, 0.2) is 25.0 Å². The molecule has 0 aliphatic rings. The molecular weight excluding hydrogens is 299 g/mol. The van der Waals surface area contributed by atoms with Crippen LogP contribution in [0.25, 0.3) is 0 Å². The minimum atomic E-state index is -3.12. The Hall–Kier alpha value is 0.761. The Morgan fingerprint density at radius 2 is 1.06 bits per heavy atom. The van der Waals surface area contributed by atoms with E-state index < -0.39 is 32.5 Å². The van der Waals surface area contributed by atoms with Gasteiger partial charge in [-0.3, -0.25) is 4.57 Å². The summed E-state index contributed by atoms with van der Waals surface area (Å²) in [5.74, 6) is 0. The van der Waals surface area contributed by atoms with Gasteiger partial charge < -0.3 is 12.9 Å². The molecule has 0 fully saturated rings. The average Bonchev–Trinajstić information content (AvgIpc) is 1.91. The molecule has 8 heteroatoms. The number of hydrogen-bond donors (Lipinski definition) is 0. The van der Waals surface area contributed by atoms with Crippen molar-refractivity contribution in [2.45, 2.75) is 58.9 Å². The fourth-order valence-electron chi connectivity index (χ4n) is 1.18. The first-order valence-electron chi connectivity index (χ1n) is 6.26. The van der Waals surface area contributed by atoms with Gasteiger partial charge in [-0.05, 0) is 58.9 Å². The maximum atomic E-state index is 12.8. The quantitative estimate of drug-likeness (QED) is 0.502. The highest BCUT2D eigenvalue weighted by molar-refractivity contribution is 7.57. The second kappa shape index (κ2) is 6.03. The molecule has 0 N–H and O–H groups in total. The predicted octanol–water partition coefficient (Wildman–Crippen LogP) is 4.69. The van der Waals surface area contributed by atoms with E-state index in [-0.39, 0.29) is 6.35 Å². The zero-order valence-electron chi connectivity index (χ0n) is 13.3. The van der Waals surface area contributed by atoms with Crippen molar-refractivity contribution < 1.29 is 17.4 Å². The van der Waals surface area contributed by atoms with E-state index in [1.54, 1.807) is 0 Å². The molecule has 0 aromatic carbocycles. The molecule has 0 amide bonds. The third-order valence-corrected chi connectivity index (χ3v) is 9.79. The Bertz CT molecular complexity index is 295. The van der Waals surface area contributed by atoms with Crippen molar-refractivity contribution >= 4 is 32.5 Å². The van der Waals surface area contributed by atoms with Gasteiger partial charge in [-0.15, -0.1) is 0 Å². The van der Waals surface area contributed by atoms with Gasteiger partial charge in [0, 0.05) is 0 Å². The second-order valence-electron chi connectivity index (χ2n) is 7.40. The first kappa shape index (κ1) is 18.8. The Balaban J connectivity index is 4.88. The van der Waals surface area contributed by atoms with E-state index in [2.05, 4.69) is 19.6 Å². The molecule has 0 saturated carbocycles. The van der Waals surface area contributed by atoms with Crippen LogP contribution >= 0.6 is 7.60 Å². The highest BCUT2D eigenvalue weighted by Crippen LogP contribution is 2.53. The number of hydrogen-bond acceptors (Lipinski definition) is 4. The summed E-state index contributed by atoms with van der Waals surface area (Å²) in [6.45, 7) is 18.3. The third kappa shape index (κ3) is 10.7. The summed E-state index contributed by atoms with van der Waals surface area (Å²) < 4.78 is 30.2. The maximum absolute atomic E-state index is 12.8. The van der Waals surface area contributed by atoms with E-state index >= 15 is 0 Å². The van der Waals surface area contributed by atoms with Crippen LogP contribution in [0.5, 0.6) is 0 Å². The molecular formula is C10H29O4PSi3. The lowest BCUT2D eigenvalue weighted by molar-refractivity contribution is 0.304. The lowest BCUT2D eigenvalue weighted by Gasteiger charge is -2.32. The van der Waals surface area contributed by atoms with E-state index in [0.717, 1.165) is 0 Å². The van der Waals surface area contributed by atoms with Crippen LogP contribution in [-0.2, 0) is 17.4 Å². The van der Waals surface area contributed by atoms with Crippen molar-refractivity contribution in [2.75, 3.05) is 6.35 Å². The Morgan fingerprint density at radius 1 is 0.722 bits per heavy atom. The molecule has 110 valence electrons. The molecule has 0 radical (unpaired) electrons. The normalized spacial score (nSPS) is 14.9. The molecule has 0 bridgehead atoms. The van der Waals surface area contributed by atoms with Crippen molar-refractivity contribution in [3.63, 3.8) is 0 Å². The van der Waals surface area contributed by atoms with Crippen molar-refractivity contribution in [3.05, 3.63) is 0 Å². The molecule has 0 atom stereocenters. The van der Waals surface area contributed by atoms with Gasteiger partial charge in [0.25, 0.3) is 0 Å². The topological polar surface area (TPSA) is 44.8 Å². The lowest BCUT2D eigenvalue weighted by atomic mass is 11.7. The highest BCUT2D eigenvalue weighted by Gasteiger charge is 2.37. The minimum Gasteiger partial charge on any atom is -0.406 e. The summed E-state index contributed by atoms with van der Waals surface area (Å²) in [4.78, 5) is 0. The predicted molar refractivity (Wildman–Crippen MR) is 85.8 cm³/mol. The Labute approximate surface area is 115 Å². The standard InChI is InChI=1S/C10H29O4PSi3/c1-16(2,3)12-10-15(11,13-17(4,5)6)14-18(7,8)9/h10H2,1-9H3. The monoisotopic (exact) mass is 328 g/mol. The summed E-state index contributed by atoms with van der Waals surface area (Å²) in [7, 11) is -8.68. The van der Waals surface area contributed by atoms with Crippen molar-refractivity contribution in [1.82, 2.24) is 0 Å². The van der Waals surface area contributed by atoms with Crippen molar-refractivity contribution in [3.8, 4) is 0 Å². The zero-order valence-corrected chi connectivity index (χ0v) is 17.2. The first-order valence-corrected chi connectivity index (χ1v) is 18.2. The van der Waals surface area contributed by atoms with Crippen LogP contribution in [-0.4, -0.2) is 31.3 Å². The van der Waals surface area contributed by atoms with Gasteiger partial charge in [-0.2, -0.15) is 0 Å². The molecule has 4 nitrogen and oxygen atoms in total. The summed E-state index contributed by atoms with van der Waals surface area (Å²) >= 11 is 0. The smallest absolute Gasteiger partial charge is 0.335 e. The summed E-state index contributed by atoms with van der Waals surface area (Å²) in [6.07, 6.45) is 0.0945. The average molecular weight is 329 g/mol. The van der Waals surface area contributed by atoms with E-state index in [4.69, 9.17) is 12.9 Å². The van der Waals surface area contributed by atoms with Crippen LogP contribution in [0.2, 0.25) is 58.9 Å². The molecule has 0 aliphatic heterocycles. The van der Waals surface area contributed by atoms with Crippen LogP contribution in [0, 0.1) is 0 Å². The molecule has 0 unspecified atom stereocenters. The lowest BCUT2D eigenvalue weighted by Crippen LogP contribution is -2.33. The zero-order chi connectivity index (χ0) is 14.8. The highest BCUT2D eigenvalue weighted by atomic mass is 31.2. The van der Waals surface area contributed by atoms with Gasteiger partial charge in [-0.25, -0.2) is 0 Å². The van der Waals surface area contributed by atoms with Crippen molar-refractivity contribution in [2.24, 2.45) is 0 Å². The van der Waals surface area contributed by atoms with Crippen LogP contribution in [0.4, 0.5) is 0 Å². The summed E-state index contributed by atoms with van der Waals surface area (Å²) in [6, 6.07) is 0. The fourth-order valence-corrected chi connectivity index (χ4v) is 10.9. The van der Waals surface area contributed by atoms with Gasteiger partial charge in [0.05, 0.1) is 0 Å². The largest absolute Gasteiger partial charge is 0.406 e. The third-order valence-electron chi connectivity index (χ3n) is 1.48. The SMILES string of the molecule is C[Si](C)(C)OCP(=O)(O[Si](C)(C)C)O[Si](C)(C)C. The second-order valence-corrected chi connectivity index (χ2v) is 23.3. The molecule has 0 rings (SSSR count). The molecule has 0 saturated heterocycles. The maximum Gasteiger partial charge on any atom is 0.335 e. The first-order chi connectivity index (χ1) is 7.62. The van der Waals surface area contributed by atoms with Crippen molar-refractivity contribution in [1.29, 1.82) is 0 Å². The van der Waals surface area contributed by atoms with E-state index in [1.807, 2.05) is 39.3 Å².